The van der Waals surface area contributed by atoms with Crippen LogP contribution in [0.25, 0.3) is 0 Å². The number of benzene rings is 2. The van der Waals surface area contributed by atoms with E-state index < -0.39 is 16.1 Å². The van der Waals surface area contributed by atoms with Gasteiger partial charge in [-0.1, -0.05) is 29.3 Å². The number of hydrogen-bond acceptors (Lipinski definition) is 4. The summed E-state index contributed by atoms with van der Waals surface area (Å²) in [5, 5.41) is 13.7. The number of carbonyl (C=O) groups is 1. The van der Waals surface area contributed by atoms with Crippen LogP contribution in [0.2, 0.25) is 10.0 Å². The Kier molecular flexibility index (Phi) is 5.67. The molecule has 9 heteroatoms. The van der Waals surface area contributed by atoms with Crippen molar-refractivity contribution in [3.8, 4) is 0 Å². The molecule has 3 rings (SSSR count). The largest absolute Gasteiger partial charge is 0.387 e. The van der Waals surface area contributed by atoms with Crippen molar-refractivity contribution in [3.05, 3.63) is 63.1 Å². The lowest BCUT2D eigenvalue weighted by Crippen LogP contribution is -2.29. The monoisotopic (exact) mass is 428 g/mol. The zero-order valence-electron chi connectivity index (χ0n) is 14.4. The molecule has 2 N–H and O–H groups in total. The standard InChI is InChI=1S/C18H18Cl2N2O4S/c1-27(25,26)22-7-6-11-8-12(2-5-16(11)22)18(24)21-10-17(23)14-4-3-13(19)9-15(14)20/h2-5,8-9,17,23H,6-7,10H2,1H3,(H,21,24). The highest BCUT2D eigenvalue weighted by atomic mass is 35.5. The van der Waals surface area contributed by atoms with Gasteiger partial charge in [0.1, 0.15) is 0 Å². The molecule has 1 aliphatic rings. The van der Waals surface area contributed by atoms with Gasteiger partial charge in [0.15, 0.2) is 0 Å². The Morgan fingerprint density at radius 2 is 2.00 bits per heavy atom. The Labute approximate surface area is 167 Å². The second-order valence-corrected chi connectivity index (χ2v) is 9.07. The minimum Gasteiger partial charge on any atom is -0.387 e. The third-order valence-corrected chi connectivity index (χ3v) is 6.11. The van der Waals surface area contributed by atoms with Gasteiger partial charge < -0.3 is 10.4 Å². The van der Waals surface area contributed by atoms with Gasteiger partial charge in [0.05, 0.1) is 18.0 Å². The fourth-order valence-electron chi connectivity index (χ4n) is 3.03. The van der Waals surface area contributed by atoms with Crippen LogP contribution in [0.15, 0.2) is 36.4 Å². The first-order valence-corrected chi connectivity index (χ1v) is 10.8. The van der Waals surface area contributed by atoms with Gasteiger partial charge in [0, 0.05) is 34.3 Å². The fourth-order valence-corrected chi connectivity index (χ4v) is 4.52. The van der Waals surface area contributed by atoms with Gasteiger partial charge in [0.25, 0.3) is 5.91 Å². The summed E-state index contributed by atoms with van der Waals surface area (Å²) in [6.45, 7) is 0.347. The van der Waals surface area contributed by atoms with E-state index in [0.29, 0.717) is 39.8 Å². The van der Waals surface area contributed by atoms with E-state index in [4.69, 9.17) is 23.2 Å². The van der Waals surface area contributed by atoms with Crippen LogP contribution in [-0.2, 0) is 16.4 Å². The Morgan fingerprint density at radius 3 is 2.67 bits per heavy atom. The molecule has 1 unspecified atom stereocenters. The van der Waals surface area contributed by atoms with Crippen LogP contribution >= 0.6 is 23.2 Å². The number of halogens is 2. The van der Waals surface area contributed by atoms with Crippen molar-refractivity contribution in [2.24, 2.45) is 0 Å². The van der Waals surface area contributed by atoms with Gasteiger partial charge in [-0.25, -0.2) is 8.42 Å². The maximum atomic E-state index is 12.4. The molecule has 1 atom stereocenters. The Hall–Kier alpha value is -1.80. The molecule has 1 heterocycles. The molecular formula is C18H18Cl2N2O4S. The number of sulfonamides is 1. The van der Waals surface area contributed by atoms with E-state index in [1.807, 2.05) is 0 Å². The summed E-state index contributed by atoms with van der Waals surface area (Å²) in [5.74, 6) is -0.361. The second kappa shape index (κ2) is 7.67. The number of nitrogens with zero attached hydrogens (tertiary/aromatic N) is 1. The van der Waals surface area contributed by atoms with Crippen molar-refractivity contribution >= 4 is 44.8 Å². The van der Waals surface area contributed by atoms with Crippen molar-refractivity contribution in [1.29, 1.82) is 0 Å². The molecule has 0 bridgehead atoms. The van der Waals surface area contributed by atoms with Gasteiger partial charge in [0.2, 0.25) is 10.0 Å². The highest BCUT2D eigenvalue weighted by Crippen LogP contribution is 2.31. The van der Waals surface area contributed by atoms with E-state index in [9.17, 15) is 18.3 Å². The van der Waals surface area contributed by atoms with Gasteiger partial charge in [-0.3, -0.25) is 9.10 Å². The molecule has 0 saturated carbocycles. The van der Waals surface area contributed by atoms with Gasteiger partial charge in [-0.2, -0.15) is 0 Å². The summed E-state index contributed by atoms with van der Waals surface area (Å²) in [5.41, 5.74) is 2.27. The first-order chi connectivity index (χ1) is 12.7. The number of aliphatic hydroxyl groups is 1. The molecule has 1 amide bonds. The Bertz CT molecular complexity index is 995. The highest BCUT2D eigenvalue weighted by Gasteiger charge is 2.26. The highest BCUT2D eigenvalue weighted by molar-refractivity contribution is 7.92. The number of amides is 1. The molecule has 1 aliphatic heterocycles. The van der Waals surface area contributed by atoms with E-state index >= 15 is 0 Å². The predicted molar refractivity (Wildman–Crippen MR) is 106 cm³/mol. The van der Waals surface area contributed by atoms with Crippen molar-refractivity contribution in [2.75, 3.05) is 23.7 Å². The van der Waals surface area contributed by atoms with Crippen LogP contribution in [0, 0.1) is 0 Å². The fraction of sp³-hybridized carbons (Fsp3) is 0.278. The summed E-state index contributed by atoms with van der Waals surface area (Å²) in [6.07, 6.45) is 0.729. The number of nitrogens with one attached hydrogen (secondary N) is 1. The van der Waals surface area contributed by atoms with E-state index in [2.05, 4.69) is 5.32 Å². The summed E-state index contributed by atoms with van der Waals surface area (Å²) in [4.78, 5) is 12.4. The molecular weight excluding hydrogens is 411 g/mol. The minimum absolute atomic E-state index is 0.0211. The van der Waals surface area contributed by atoms with Crippen LogP contribution in [0.4, 0.5) is 5.69 Å². The maximum absolute atomic E-state index is 12.4. The Balaban J connectivity index is 1.69. The Morgan fingerprint density at radius 1 is 1.26 bits per heavy atom. The first-order valence-electron chi connectivity index (χ1n) is 8.18. The number of fused-ring (bicyclic) bond motifs is 1. The molecule has 6 nitrogen and oxygen atoms in total. The SMILES string of the molecule is CS(=O)(=O)N1CCc2cc(C(=O)NCC(O)c3ccc(Cl)cc3Cl)ccc21. The zero-order chi connectivity index (χ0) is 19.8. The van der Waals surface area contributed by atoms with Gasteiger partial charge in [-0.05, 0) is 42.3 Å². The van der Waals surface area contributed by atoms with Crippen LogP contribution in [-0.4, -0.2) is 38.8 Å². The number of rotatable bonds is 5. The average Bonchev–Trinajstić information content (AvgIpc) is 3.02. The average molecular weight is 429 g/mol. The van der Waals surface area contributed by atoms with Crippen LogP contribution in [0.5, 0.6) is 0 Å². The van der Waals surface area contributed by atoms with E-state index in [0.717, 1.165) is 11.8 Å². The summed E-state index contributed by atoms with van der Waals surface area (Å²) < 4.78 is 24.9. The molecule has 27 heavy (non-hydrogen) atoms. The van der Waals surface area contributed by atoms with Crippen molar-refractivity contribution < 1.29 is 18.3 Å². The topological polar surface area (TPSA) is 86.7 Å². The van der Waals surface area contributed by atoms with E-state index in [1.54, 1.807) is 30.3 Å². The predicted octanol–water partition coefficient (Wildman–Crippen LogP) is 2.78. The van der Waals surface area contributed by atoms with E-state index in [1.165, 1.54) is 10.4 Å². The molecule has 0 saturated heterocycles. The molecule has 0 aliphatic carbocycles. The number of hydrogen-bond donors (Lipinski definition) is 2. The normalized spacial score (nSPS) is 14.7. The first kappa shape index (κ1) is 19.9. The van der Waals surface area contributed by atoms with Crippen LogP contribution in [0.3, 0.4) is 0 Å². The smallest absolute Gasteiger partial charge is 0.251 e. The summed E-state index contributed by atoms with van der Waals surface area (Å²) in [7, 11) is -3.33. The molecule has 2 aromatic carbocycles. The third-order valence-electron chi connectivity index (χ3n) is 4.37. The zero-order valence-corrected chi connectivity index (χ0v) is 16.8. The summed E-state index contributed by atoms with van der Waals surface area (Å²) in [6, 6.07) is 9.62. The molecule has 0 spiro atoms. The lowest BCUT2D eigenvalue weighted by Gasteiger charge is -2.17. The van der Waals surface area contributed by atoms with Crippen molar-refractivity contribution in [3.63, 3.8) is 0 Å². The molecule has 2 aromatic rings. The third kappa shape index (κ3) is 4.38. The van der Waals surface area contributed by atoms with Crippen LogP contribution in [0.1, 0.15) is 27.6 Å². The molecule has 0 radical (unpaired) electrons. The van der Waals surface area contributed by atoms with Gasteiger partial charge >= 0.3 is 0 Å². The van der Waals surface area contributed by atoms with E-state index in [-0.39, 0.29) is 12.5 Å². The quantitative estimate of drug-likeness (QED) is 0.766. The molecule has 0 fully saturated rings. The molecule has 0 aromatic heterocycles. The minimum atomic E-state index is -3.33. The summed E-state index contributed by atoms with van der Waals surface area (Å²) >= 11 is 11.9. The van der Waals surface area contributed by atoms with Crippen LogP contribution < -0.4 is 9.62 Å². The van der Waals surface area contributed by atoms with Crippen molar-refractivity contribution in [1.82, 2.24) is 5.32 Å². The lowest BCUT2D eigenvalue weighted by atomic mass is 10.1. The molecule has 144 valence electrons. The maximum Gasteiger partial charge on any atom is 0.251 e. The number of carbonyl (C=O) groups excluding carboxylic acids is 1. The van der Waals surface area contributed by atoms with Gasteiger partial charge in [-0.15, -0.1) is 0 Å². The second-order valence-electron chi connectivity index (χ2n) is 6.32. The lowest BCUT2D eigenvalue weighted by molar-refractivity contribution is 0.0916. The van der Waals surface area contributed by atoms with Crippen molar-refractivity contribution in [2.45, 2.75) is 12.5 Å². The number of anilines is 1. The number of aliphatic hydroxyl groups excluding tert-OH is 1.